The Morgan fingerprint density at radius 2 is 1.33 bits per heavy atom. The van der Waals surface area contributed by atoms with Crippen molar-refractivity contribution in [2.24, 2.45) is 0 Å². The second-order valence-electron chi connectivity index (χ2n) is 11.7. The first-order valence-corrected chi connectivity index (χ1v) is 15.7. The van der Waals surface area contributed by atoms with E-state index in [2.05, 4.69) is 69.6 Å². The highest BCUT2D eigenvalue weighted by Gasteiger charge is 2.15. The number of carbonyl (C=O) groups is 1. The fourth-order valence-corrected chi connectivity index (χ4v) is 5.12. The first-order valence-electron chi connectivity index (χ1n) is 15.7. The van der Waals surface area contributed by atoms with Gasteiger partial charge in [-0.05, 0) is 37.3 Å². The maximum Gasteiger partial charge on any atom is 0.305 e. The van der Waals surface area contributed by atoms with Crippen LogP contribution >= 0.6 is 0 Å². The van der Waals surface area contributed by atoms with Gasteiger partial charge < -0.3 is 14.0 Å². The predicted octanol–water partition coefficient (Wildman–Crippen LogP) is 8.91. The van der Waals surface area contributed by atoms with Crippen molar-refractivity contribution in [2.45, 2.75) is 110 Å². The van der Waals surface area contributed by atoms with Crippen LogP contribution in [0, 0.1) is 0 Å². The molecule has 0 atom stereocenters. The predicted molar refractivity (Wildman–Crippen MR) is 164 cm³/mol. The number of ether oxygens (including phenoxy) is 2. The van der Waals surface area contributed by atoms with Crippen LogP contribution in [0.25, 0.3) is 0 Å². The van der Waals surface area contributed by atoms with Crippen LogP contribution in [-0.4, -0.2) is 44.3 Å². The second-order valence-corrected chi connectivity index (χ2v) is 11.7. The van der Waals surface area contributed by atoms with E-state index in [9.17, 15) is 4.79 Å². The van der Waals surface area contributed by atoms with Crippen LogP contribution in [0.5, 0.6) is 5.75 Å². The normalized spacial score (nSPS) is 11.5. The Labute approximate surface area is 239 Å². The molecule has 0 radical (unpaired) electrons. The molecule has 2 aromatic carbocycles. The summed E-state index contributed by atoms with van der Waals surface area (Å²) in [5.41, 5.74) is 2.65. The SMILES string of the molecule is CCCCCCCCCCCCc1ccccc1OCCCOC(=O)CCCC[N+](C)(C)Cc1ccccc1. The molecule has 39 heavy (non-hydrogen) atoms. The van der Waals surface area contributed by atoms with Gasteiger partial charge in [0, 0.05) is 18.4 Å². The van der Waals surface area contributed by atoms with E-state index >= 15 is 0 Å². The summed E-state index contributed by atoms with van der Waals surface area (Å²) in [4.78, 5) is 12.1. The van der Waals surface area contributed by atoms with E-state index in [1.165, 1.54) is 75.3 Å². The minimum Gasteiger partial charge on any atom is -0.493 e. The number of hydrogen-bond acceptors (Lipinski definition) is 3. The molecule has 2 rings (SSSR count). The average molecular weight is 539 g/mol. The first-order chi connectivity index (χ1) is 19.0. The first kappa shape index (κ1) is 32.9. The van der Waals surface area contributed by atoms with Crippen molar-refractivity contribution in [3.05, 3.63) is 65.7 Å². The van der Waals surface area contributed by atoms with Crippen LogP contribution in [0.4, 0.5) is 0 Å². The Kier molecular flexibility index (Phi) is 17.3. The summed E-state index contributed by atoms with van der Waals surface area (Å²) in [5, 5.41) is 0. The van der Waals surface area contributed by atoms with Crippen molar-refractivity contribution < 1.29 is 18.8 Å². The standard InChI is InChI=1S/C35H56NO3/c1-4-5-6-7-8-9-10-11-12-16-24-33-25-17-18-26-34(33)38-29-21-30-39-35(37)27-19-20-28-36(2,3)31-32-22-14-13-15-23-32/h13-15,17-18,22-23,25-26H,4-12,16,19-21,24,27-31H2,1-3H3/q+1. The van der Waals surface area contributed by atoms with E-state index in [0.717, 1.165) is 49.0 Å². The molecule has 0 aromatic heterocycles. The molecule has 0 saturated heterocycles. The molecule has 4 nitrogen and oxygen atoms in total. The summed E-state index contributed by atoms with van der Waals surface area (Å²) >= 11 is 0. The zero-order valence-electron chi connectivity index (χ0n) is 25.3. The average Bonchev–Trinajstić information content (AvgIpc) is 2.93. The largest absolute Gasteiger partial charge is 0.493 e. The zero-order valence-corrected chi connectivity index (χ0v) is 25.3. The highest BCUT2D eigenvalue weighted by atomic mass is 16.5. The molecule has 0 bridgehead atoms. The zero-order chi connectivity index (χ0) is 28.0. The van der Waals surface area contributed by atoms with E-state index < -0.39 is 0 Å². The third-order valence-electron chi connectivity index (χ3n) is 7.43. The maximum atomic E-state index is 12.1. The van der Waals surface area contributed by atoms with Crippen molar-refractivity contribution in [1.82, 2.24) is 0 Å². The fourth-order valence-electron chi connectivity index (χ4n) is 5.12. The van der Waals surface area contributed by atoms with Crippen molar-refractivity contribution >= 4 is 5.97 Å². The number of esters is 1. The van der Waals surface area contributed by atoms with Gasteiger partial charge in [0.25, 0.3) is 0 Å². The third kappa shape index (κ3) is 16.4. The molecule has 0 saturated carbocycles. The molecule has 0 amide bonds. The number of hydrogen-bond donors (Lipinski definition) is 0. The quantitative estimate of drug-likeness (QED) is 0.0805. The van der Waals surface area contributed by atoms with Crippen molar-refractivity contribution in [3.63, 3.8) is 0 Å². The Hall–Kier alpha value is -2.33. The fraction of sp³-hybridized carbons (Fsp3) is 0.629. The summed E-state index contributed by atoms with van der Waals surface area (Å²) < 4.78 is 12.4. The topological polar surface area (TPSA) is 35.5 Å². The Morgan fingerprint density at radius 1 is 0.692 bits per heavy atom. The van der Waals surface area contributed by atoms with Crippen molar-refractivity contribution in [2.75, 3.05) is 33.9 Å². The monoisotopic (exact) mass is 538 g/mol. The van der Waals surface area contributed by atoms with Gasteiger partial charge in [-0.15, -0.1) is 0 Å². The highest BCUT2D eigenvalue weighted by Crippen LogP contribution is 2.21. The minimum absolute atomic E-state index is 0.0928. The van der Waals surface area contributed by atoms with Gasteiger partial charge in [-0.1, -0.05) is 113 Å². The van der Waals surface area contributed by atoms with Crippen LogP contribution in [0.3, 0.4) is 0 Å². The summed E-state index contributed by atoms with van der Waals surface area (Å²) in [6.45, 7) is 5.34. The van der Waals surface area contributed by atoms with Gasteiger partial charge in [0.05, 0.1) is 33.9 Å². The molecule has 0 aliphatic heterocycles. The second kappa shape index (κ2) is 20.6. The molecule has 218 valence electrons. The van der Waals surface area contributed by atoms with Gasteiger partial charge in [0.1, 0.15) is 12.3 Å². The maximum absolute atomic E-state index is 12.1. The Balaban J connectivity index is 1.49. The number of quaternary nitrogens is 1. The van der Waals surface area contributed by atoms with Gasteiger partial charge in [-0.25, -0.2) is 0 Å². The van der Waals surface area contributed by atoms with Crippen LogP contribution in [0.15, 0.2) is 54.6 Å². The number of aryl methyl sites for hydroxylation is 1. The van der Waals surface area contributed by atoms with Gasteiger partial charge in [-0.3, -0.25) is 4.79 Å². The smallest absolute Gasteiger partial charge is 0.305 e. The van der Waals surface area contributed by atoms with Crippen LogP contribution < -0.4 is 4.74 Å². The van der Waals surface area contributed by atoms with E-state index in [0.29, 0.717) is 19.6 Å². The molecule has 0 aliphatic carbocycles. The lowest BCUT2D eigenvalue weighted by atomic mass is 10.0. The van der Waals surface area contributed by atoms with Gasteiger partial charge in [-0.2, -0.15) is 0 Å². The summed E-state index contributed by atoms with van der Waals surface area (Å²) in [7, 11) is 4.50. The molecular weight excluding hydrogens is 482 g/mol. The van der Waals surface area contributed by atoms with Gasteiger partial charge in [0.2, 0.25) is 0 Å². The molecule has 0 spiro atoms. The van der Waals surface area contributed by atoms with Crippen LogP contribution in [0.2, 0.25) is 0 Å². The lowest BCUT2D eigenvalue weighted by Gasteiger charge is -2.30. The van der Waals surface area contributed by atoms with Crippen molar-refractivity contribution in [1.29, 1.82) is 0 Å². The molecule has 2 aromatic rings. The molecule has 4 heteroatoms. The highest BCUT2D eigenvalue weighted by molar-refractivity contribution is 5.69. The number of unbranched alkanes of at least 4 members (excludes halogenated alkanes) is 10. The van der Waals surface area contributed by atoms with E-state index in [4.69, 9.17) is 9.47 Å². The van der Waals surface area contributed by atoms with Gasteiger partial charge in [0.15, 0.2) is 0 Å². The summed E-state index contributed by atoms with van der Waals surface area (Å²) in [6, 6.07) is 19.0. The van der Waals surface area contributed by atoms with Crippen LogP contribution in [-0.2, 0) is 22.5 Å². The molecule has 0 unspecified atom stereocenters. The Bertz CT molecular complexity index is 880. The molecule has 0 N–H and O–H groups in total. The lowest BCUT2D eigenvalue weighted by Crippen LogP contribution is -2.39. The van der Waals surface area contributed by atoms with E-state index in [1.807, 2.05) is 6.07 Å². The van der Waals surface area contributed by atoms with Gasteiger partial charge >= 0.3 is 5.97 Å². The number of rotatable bonds is 23. The lowest BCUT2D eigenvalue weighted by molar-refractivity contribution is -0.903. The number of para-hydroxylation sites is 1. The number of nitrogens with zero attached hydrogens (tertiary/aromatic N) is 1. The minimum atomic E-state index is -0.0928. The molecule has 0 fully saturated rings. The molecule has 0 aliphatic rings. The van der Waals surface area contributed by atoms with E-state index in [-0.39, 0.29) is 5.97 Å². The Morgan fingerprint density at radius 3 is 2.05 bits per heavy atom. The molecular formula is C35H56NO3+. The number of carbonyl (C=O) groups excluding carboxylic acids is 1. The number of benzene rings is 2. The van der Waals surface area contributed by atoms with Crippen LogP contribution in [0.1, 0.15) is 108 Å². The van der Waals surface area contributed by atoms with E-state index in [1.54, 1.807) is 0 Å². The van der Waals surface area contributed by atoms with Crippen molar-refractivity contribution in [3.8, 4) is 5.75 Å². The summed E-state index contributed by atoms with van der Waals surface area (Å²) in [6.07, 6.45) is 17.7. The third-order valence-corrected chi connectivity index (χ3v) is 7.43. The molecule has 0 heterocycles. The summed E-state index contributed by atoms with van der Waals surface area (Å²) in [5.74, 6) is 0.890.